The summed E-state index contributed by atoms with van der Waals surface area (Å²) in [5, 5.41) is 0. The highest BCUT2D eigenvalue weighted by atomic mass is 31.1. The van der Waals surface area contributed by atoms with Crippen molar-refractivity contribution in [1.82, 2.24) is 0 Å². The molecule has 0 unspecified atom stereocenters. The van der Waals surface area contributed by atoms with Crippen molar-refractivity contribution in [3.05, 3.63) is 47.5 Å². The average Bonchev–Trinajstić information content (AvgIpc) is 2.88. The Balaban J connectivity index is 2.41. The van der Waals surface area contributed by atoms with Gasteiger partial charge in [-0.25, -0.2) is 0 Å². The second-order valence-corrected chi connectivity index (χ2v) is 8.47. The maximum absolute atomic E-state index is 13.8. The summed E-state index contributed by atoms with van der Waals surface area (Å²) in [5.74, 6) is -0.279. The maximum atomic E-state index is 13.8. The Morgan fingerprint density at radius 3 is 1.44 bits per heavy atom. The molecule has 7 nitrogen and oxygen atoms in total. The third kappa shape index (κ3) is 6.80. The molecule has 0 bridgehead atoms. The number of benzene rings is 2. The van der Waals surface area contributed by atoms with Crippen molar-refractivity contribution >= 4 is 20.0 Å². The summed E-state index contributed by atoms with van der Waals surface area (Å²) in [5.41, 5.74) is 0.489. The normalized spacial score (nSPS) is 10.9. The number of hydrogen-bond acceptors (Lipinski definition) is 7. The molecule has 0 aliphatic carbocycles. The van der Waals surface area contributed by atoms with E-state index < -0.39 is 5.92 Å². The molecule has 0 aromatic heterocycles. The maximum Gasteiger partial charge on any atom is 0.181 e. The van der Waals surface area contributed by atoms with Gasteiger partial charge in [-0.1, -0.05) is 37.8 Å². The summed E-state index contributed by atoms with van der Waals surface area (Å²) in [4.78, 5) is 27.7. The molecule has 0 saturated heterocycles. The van der Waals surface area contributed by atoms with Crippen molar-refractivity contribution in [2.24, 2.45) is 5.92 Å². The Morgan fingerprint density at radius 2 is 1.06 bits per heavy atom. The predicted octanol–water partition coefficient (Wildman–Crippen LogP) is 6.04. The van der Waals surface area contributed by atoms with Gasteiger partial charge in [-0.2, -0.15) is 0 Å². The van der Waals surface area contributed by atoms with Gasteiger partial charge >= 0.3 is 0 Å². The van der Waals surface area contributed by atoms with Crippen LogP contribution in [0.3, 0.4) is 0 Å². The SMILES string of the molecule is COc1cccc(OC)c1C(=O)C(CCCCCCCP=O)C(=O)c1c(OC)cccc1OC. The lowest BCUT2D eigenvalue weighted by Crippen LogP contribution is -2.26. The van der Waals surface area contributed by atoms with Gasteiger partial charge in [0.1, 0.15) is 34.1 Å². The number of ketones is 2. The summed E-state index contributed by atoms with van der Waals surface area (Å²) in [6, 6.07) is 10.2. The smallest absolute Gasteiger partial charge is 0.181 e. The lowest BCUT2D eigenvalue weighted by atomic mass is 9.84. The highest BCUT2D eigenvalue weighted by Crippen LogP contribution is 2.36. The van der Waals surface area contributed by atoms with E-state index in [1.54, 1.807) is 36.4 Å². The third-order valence-corrected chi connectivity index (χ3v) is 6.22. The van der Waals surface area contributed by atoms with Crippen LogP contribution in [0.4, 0.5) is 0 Å². The van der Waals surface area contributed by atoms with Crippen LogP contribution in [0.5, 0.6) is 23.0 Å². The number of ether oxygens (including phenoxy) is 4. The van der Waals surface area contributed by atoms with Crippen LogP contribution < -0.4 is 18.9 Å². The molecule has 8 heteroatoms. The molecule has 0 radical (unpaired) electrons. The summed E-state index contributed by atoms with van der Waals surface area (Å²) < 4.78 is 32.3. The zero-order valence-electron chi connectivity index (χ0n) is 20.3. The first-order valence-electron chi connectivity index (χ1n) is 11.3. The molecular weight excluding hydrogens is 455 g/mol. The lowest BCUT2D eigenvalue weighted by Gasteiger charge is -2.20. The summed E-state index contributed by atoms with van der Waals surface area (Å²) >= 11 is 0. The molecule has 0 atom stereocenters. The first kappa shape index (κ1) is 27.3. The number of carbonyl (C=O) groups is 2. The molecule has 34 heavy (non-hydrogen) atoms. The summed E-state index contributed by atoms with van der Waals surface area (Å²) in [7, 11) is 6.08. The van der Waals surface area contributed by atoms with Gasteiger partial charge in [0.15, 0.2) is 20.0 Å². The van der Waals surface area contributed by atoms with Gasteiger partial charge in [-0.05, 0) is 37.1 Å². The Bertz CT molecular complexity index is 862. The molecule has 0 fully saturated rings. The first-order valence-corrected chi connectivity index (χ1v) is 12.3. The van der Waals surface area contributed by atoms with Crippen LogP contribution in [-0.4, -0.2) is 46.2 Å². The van der Waals surface area contributed by atoms with E-state index in [4.69, 9.17) is 18.9 Å². The molecule has 0 N–H and O–H groups in total. The van der Waals surface area contributed by atoms with Crippen molar-refractivity contribution in [2.45, 2.75) is 38.5 Å². The molecule has 2 rings (SSSR count). The number of hydrogen-bond donors (Lipinski definition) is 0. The van der Waals surface area contributed by atoms with Crippen LogP contribution in [0.15, 0.2) is 36.4 Å². The zero-order chi connectivity index (χ0) is 24.9. The van der Waals surface area contributed by atoms with E-state index in [2.05, 4.69) is 0 Å². The van der Waals surface area contributed by atoms with E-state index in [1.165, 1.54) is 28.4 Å². The van der Waals surface area contributed by atoms with Crippen molar-refractivity contribution in [3.8, 4) is 23.0 Å². The predicted molar refractivity (Wildman–Crippen MR) is 131 cm³/mol. The fraction of sp³-hybridized carbons (Fsp3) is 0.462. The third-order valence-electron chi connectivity index (χ3n) is 5.72. The molecule has 2 aromatic rings. The minimum Gasteiger partial charge on any atom is -0.496 e. The van der Waals surface area contributed by atoms with Gasteiger partial charge in [0, 0.05) is 6.16 Å². The van der Waals surface area contributed by atoms with Crippen molar-refractivity contribution in [3.63, 3.8) is 0 Å². The van der Waals surface area contributed by atoms with Crippen molar-refractivity contribution in [1.29, 1.82) is 0 Å². The van der Waals surface area contributed by atoms with Crippen LogP contribution in [0.1, 0.15) is 59.2 Å². The Labute approximate surface area is 202 Å². The quantitative estimate of drug-likeness (QED) is 0.123. The molecule has 0 amide bonds. The molecule has 0 spiro atoms. The fourth-order valence-electron chi connectivity index (χ4n) is 3.97. The highest BCUT2D eigenvalue weighted by Gasteiger charge is 2.35. The van der Waals surface area contributed by atoms with E-state index in [9.17, 15) is 14.2 Å². The molecule has 0 aliphatic heterocycles. The molecule has 184 valence electrons. The van der Waals surface area contributed by atoms with E-state index >= 15 is 0 Å². The van der Waals surface area contributed by atoms with E-state index in [1.807, 2.05) is 0 Å². The summed E-state index contributed by atoms with van der Waals surface area (Å²) in [6.45, 7) is 0. The lowest BCUT2D eigenvalue weighted by molar-refractivity contribution is 0.0790. The Morgan fingerprint density at radius 1 is 0.676 bits per heavy atom. The van der Waals surface area contributed by atoms with Gasteiger partial charge in [0.05, 0.1) is 34.4 Å². The van der Waals surface area contributed by atoms with Gasteiger partial charge in [-0.3, -0.25) is 14.2 Å². The van der Waals surface area contributed by atoms with Crippen molar-refractivity contribution < 1.29 is 33.1 Å². The van der Waals surface area contributed by atoms with Gasteiger partial charge in [-0.15, -0.1) is 0 Å². The first-order chi connectivity index (χ1) is 16.5. The Kier molecular flexibility index (Phi) is 11.5. The molecular formula is C26H33O7P. The van der Waals surface area contributed by atoms with Gasteiger partial charge < -0.3 is 18.9 Å². The van der Waals surface area contributed by atoms with Gasteiger partial charge in [0.2, 0.25) is 0 Å². The monoisotopic (exact) mass is 488 g/mol. The van der Waals surface area contributed by atoms with E-state index in [-0.39, 0.29) is 31.2 Å². The molecule has 0 heterocycles. The summed E-state index contributed by atoms with van der Waals surface area (Å²) in [6.07, 6.45) is 5.36. The number of rotatable bonds is 16. The topological polar surface area (TPSA) is 88.1 Å². The molecule has 2 aromatic carbocycles. The zero-order valence-corrected chi connectivity index (χ0v) is 21.2. The minimum atomic E-state index is -0.962. The standard InChI is InChI=1S/C26H33O7P/c1-30-19-13-10-14-20(31-2)23(19)25(27)18(12-8-6-5-7-9-17-34-29)26(28)24-21(32-3)15-11-16-22(24)33-4/h10-11,13-16,18H,5-9,12,17H2,1-4H3. The van der Waals surface area contributed by atoms with E-state index in [0.717, 1.165) is 25.7 Å². The second-order valence-electron chi connectivity index (χ2n) is 7.77. The molecule has 0 saturated carbocycles. The average molecular weight is 489 g/mol. The number of unbranched alkanes of at least 4 members (excludes halogenated alkanes) is 4. The van der Waals surface area contributed by atoms with Crippen LogP contribution in [0.25, 0.3) is 0 Å². The fourth-order valence-corrected chi connectivity index (χ4v) is 4.33. The Hall–Kier alpha value is -2.92. The van der Waals surface area contributed by atoms with Crippen LogP contribution in [0, 0.1) is 5.92 Å². The van der Waals surface area contributed by atoms with Crippen LogP contribution in [-0.2, 0) is 4.57 Å². The van der Waals surface area contributed by atoms with Crippen LogP contribution >= 0.6 is 8.46 Å². The second kappa shape index (κ2) is 14.4. The molecule has 0 aliphatic rings. The minimum absolute atomic E-state index is 0.167. The van der Waals surface area contributed by atoms with Gasteiger partial charge in [0.25, 0.3) is 0 Å². The van der Waals surface area contributed by atoms with Crippen molar-refractivity contribution in [2.75, 3.05) is 34.6 Å². The largest absolute Gasteiger partial charge is 0.496 e. The van der Waals surface area contributed by atoms with E-state index in [0.29, 0.717) is 42.0 Å². The number of Topliss-reactive ketones (excluding diaryl/α,β-unsaturated/α-hetero) is 2. The number of methoxy groups -OCH3 is 4. The highest BCUT2D eigenvalue weighted by molar-refractivity contribution is 7.23. The number of carbonyl (C=O) groups excluding carboxylic acids is 2. The van der Waals surface area contributed by atoms with Crippen LogP contribution in [0.2, 0.25) is 0 Å².